The molecule has 0 amide bonds. The molecule has 84 valence electrons. The molecule has 1 atom stereocenters. The van der Waals surface area contributed by atoms with Crippen LogP contribution in [-0.4, -0.2) is 23.2 Å². The van der Waals surface area contributed by atoms with Crippen molar-refractivity contribution in [1.82, 2.24) is 4.98 Å². The Kier molecular flexibility index (Phi) is 2.54. The SMILES string of the molecule is COc1cccc2[nH]cc([C@H](N)C(=O)O)c12. The van der Waals surface area contributed by atoms with Crippen molar-refractivity contribution in [1.29, 1.82) is 0 Å². The maximum Gasteiger partial charge on any atom is 0.325 e. The standard InChI is InChI=1S/C11H12N2O3/c1-16-8-4-2-3-7-9(8)6(5-13-7)10(12)11(14)15/h2-5,10,13H,12H2,1H3,(H,14,15)/t10-/m0/s1. The third-order valence-electron chi connectivity index (χ3n) is 2.52. The molecule has 5 heteroatoms. The van der Waals surface area contributed by atoms with Crippen molar-refractivity contribution in [2.45, 2.75) is 6.04 Å². The first kappa shape index (κ1) is 10.5. The summed E-state index contributed by atoms with van der Waals surface area (Å²) in [7, 11) is 1.54. The maximum absolute atomic E-state index is 10.9. The van der Waals surface area contributed by atoms with E-state index >= 15 is 0 Å². The molecule has 5 nitrogen and oxygen atoms in total. The number of aliphatic carboxylic acids is 1. The number of carboxylic acid groups (broad SMARTS) is 1. The lowest BCUT2D eigenvalue weighted by Gasteiger charge is -2.07. The van der Waals surface area contributed by atoms with E-state index in [9.17, 15) is 4.79 Å². The molecule has 4 N–H and O–H groups in total. The highest BCUT2D eigenvalue weighted by atomic mass is 16.5. The summed E-state index contributed by atoms with van der Waals surface area (Å²) in [4.78, 5) is 13.8. The van der Waals surface area contributed by atoms with Crippen LogP contribution in [-0.2, 0) is 4.79 Å². The first-order chi connectivity index (χ1) is 7.65. The molecule has 0 bridgehead atoms. The topological polar surface area (TPSA) is 88.3 Å². The van der Waals surface area contributed by atoms with Gasteiger partial charge in [0.15, 0.2) is 0 Å². The van der Waals surface area contributed by atoms with Gasteiger partial charge >= 0.3 is 5.97 Å². The fraction of sp³-hybridized carbons (Fsp3) is 0.182. The highest BCUT2D eigenvalue weighted by molar-refractivity contribution is 5.93. The van der Waals surface area contributed by atoms with Crippen LogP contribution in [0.15, 0.2) is 24.4 Å². The van der Waals surface area contributed by atoms with Crippen LogP contribution in [0, 0.1) is 0 Å². The van der Waals surface area contributed by atoms with Gasteiger partial charge in [-0.05, 0) is 12.1 Å². The first-order valence-corrected chi connectivity index (χ1v) is 4.77. The Morgan fingerprint density at radius 1 is 1.56 bits per heavy atom. The summed E-state index contributed by atoms with van der Waals surface area (Å²) >= 11 is 0. The number of hydrogen-bond donors (Lipinski definition) is 3. The van der Waals surface area contributed by atoms with Gasteiger partial charge in [-0.15, -0.1) is 0 Å². The van der Waals surface area contributed by atoms with Crippen LogP contribution < -0.4 is 10.5 Å². The largest absolute Gasteiger partial charge is 0.496 e. The van der Waals surface area contributed by atoms with Gasteiger partial charge in [0, 0.05) is 22.7 Å². The lowest BCUT2D eigenvalue weighted by atomic mass is 10.1. The highest BCUT2D eigenvalue weighted by Gasteiger charge is 2.20. The van der Waals surface area contributed by atoms with E-state index in [2.05, 4.69) is 4.98 Å². The van der Waals surface area contributed by atoms with Crippen molar-refractivity contribution >= 4 is 16.9 Å². The molecule has 0 aliphatic rings. The molecular weight excluding hydrogens is 208 g/mol. The summed E-state index contributed by atoms with van der Waals surface area (Å²) in [5, 5.41) is 9.62. The number of nitrogens with one attached hydrogen (secondary N) is 1. The zero-order chi connectivity index (χ0) is 11.7. The normalized spacial score (nSPS) is 12.6. The van der Waals surface area contributed by atoms with E-state index < -0.39 is 12.0 Å². The molecule has 16 heavy (non-hydrogen) atoms. The Balaban J connectivity index is 2.67. The lowest BCUT2D eigenvalue weighted by Crippen LogP contribution is -2.20. The minimum absolute atomic E-state index is 0.528. The van der Waals surface area contributed by atoms with E-state index in [-0.39, 0.29) is 0 Å². The predicted molar refractivity (Wildman–Crippen MR) is 59.4 cm³/mol. The van der Waals surface area contributed by atoms with Gasteiger partial charge in [-0.1, -0.05) is 6.07 Å². The fourth-order valence-electron chi connectivity index (χ4n) is 1.73. The van der Waals surface area contributed by atoms with Crippen LogP contribution in [0.25, 0.3) is 10.9 Å². The Morgan fingerprint density at radius 2 is 2.31 bits per heavy atom. The zero-order valence-electron chi connectivity index (χ0n) is 8.73. The Bertz CT molecular complexity index is 533. The number of rotatable bonds is 3. The third kappa shape index (κ3) is 1.51. The number of benzene rings is 1. The van der Waals surface area contributed by atoms with Gasteiger partial charge in [-0.2, -0.15) is 0 Å². The van der Waals surface area contributed by atoms with Gasteiger partial charge < -0.3 is 20.6 Å². The molecule has 1 aromatic carbocycles. The molecule has 1 heterocycles. The number of carboxylic acids is 1. The number of ether oxygens (including phenoxy) is 1. The van der Waals surface area contributed by atoms with Gasteiger partial charge in [0.2, 0.25) is 0 Å². The van der Waals surface area contributed by atoms with E-state index in [1.165, 1.54) is 7.11 Å². The number of carbonyl (C=O) groups is 1. The Morgan fingerprint density at radius 3 is 2.94 bits per heavy atom. The maximum atomic E-state index is 10.9. The number of fused-ring (bicyclic) bond motifs is 1. The van der Waals surface area contributed by atoms with Crippen molar-refractivity contribution in [2.75, 3.05) is 7.11 Å². The van der Waals surface area contributed by atoms with Gasteiger partial charge in [0.25, 0.3) is 0 Å². The molecule has 0 saturated heterocycles. The van der Waals surface area contributed by atoms with Crippen molar-refractivity contribution in [2.24, 2.45) is 5.73 Å². The van der Waals surface area contributed by atoms with E-state index in [0.29, 0.717) is 11.3 Å². The predicted octanol–water partition coefficient (Wildman–Crippen LogP) is 1.26. The second-order valence-electron chi connectivity index (χ2n) is 3.44. The number of hydrogen-bond acceptors (Lipinski definition) is 3. The molecule has 0 spiro atoms. The molecule has 1 aromatic heterocycles. The summed E-state index contributed by atoms with van der Waals surface area (Å²) < 4.78 is 5.19. The second kappa shape index (κ2) is 3.86. The smallest absolute Gasteiger partial charge is 0.325 e. The summed E-state index contributed by atoms with van der Waals surface area (Å²) in [6.45, 7) is 0. The number of methoxy groups -OCH3 is 1. The average Bonchev–Trinajstić information content (AvgIpc) is 2.71. The van der Waals surface area contributed by atoms with E-state index in [1.807, 2.05) is 12.1 Å². The Labute approximate surface area is 91.8 Å². The van der Waals surface area contributed by atoms with Gasteiger partial charge in [0.05, 0.1) is 7.11 Å². The van der Waals surface area contributed by atoms with Gasteiger partial charge in [0.1, 0.15) is 11.8 Å². The monoisotopic (exact) mass is 220 g/mol. The van der Waals surface area contributed by atoms with Gasteiger partial charge in [-0.3, -0.25) is 4.79 Å². The fourth-order valence-corrected chi connectivity index (χ4v) is 1.73. The molecule has 0 unspecified atom stereocenters. The molecule has 0 radical (unpaired) electrons. The minimum atomic E-state index is -1.06. The van der Waals surface area contributed by atoms with Crippen LogP contribution in [0.1, 0.15) is 11.6 Å². The summed E-state index contributed by atoms with van der Waals surface area (Å²) in [5.74, 6) is -0.447. The number of aromatic amines is 1. The molecule has 0 aliphatic heterocycles. The number of aromatic nitrogens is 1. The molecule has 2 rings (SSSR count). The van der Waals surface area contributed by atoms with Crippen LogP contribution in [0.4, 0.5) is 0 Å². The number of nitrogens with two attached hydrogens (primary N) is 1. The zero-order valence-corrected chi connectivity index (χ0v) is 8.73. The van der Waals surface area contributed by atoms with Crippen molar-refractivity contribution in [3.63, 3.8) is 0 Å². The summed E-state index contributed by atoms with van der Waals surface area (Å²) in [5.41, 5.74) is 6.94. The second-order valence-corrected chi connectivity index (χ2v) is 3.44. The van der Waals surface area contributed by atoms with Crippen LogP contribution in [0.5, 0.6) is 5.75 Å². The van der Waals surface area contributed by atoms with E-state index in [4.69, 9.17) is 15.6 Å². The van der Waals surface area contributed by atoms with E-state index in [0.717, 1.165) is 10.9 Å². The van der Waals surface area contributed by atoms with Gasteiger partial charge in [-0.25, -0.2) is 0 Å². The first-order valence-electron chi connectivity index (χ1n) is 4.77. The minimum Gasteiger partial charge on any atom is -0.496 e. The lowest BCUT2D eigenvalue weighted by molar-refractivity contribution is -0.138. The molecule has 0 aliphatic carbocycles. The van der Waals surface area contributed by atoms with Crippen molar-refractivity contribution in [3.05, 3.63) is 30.0 Å². The third-order valence-corrected chi connectivity index (χ3v) is 2.52. The molecular formula is C11H12N2O3. The quantitative estimate of drug-likeness (QED) is 0.726. The van der Waals surface area contributed by atoms with Crippen LogP contribution >= 0.6 is 0 Å². The van der Waals surface area contributed by atoms with Crippen LogP contribution in [0.3, 0.4) is 0 Å². The Hall–Kier alpha value is -2.01. The molecule has 2 aromatic rings. The summed E-state index contributed by atoms with van der Waals surface area (Å²) in [6.07, 6.45) is 1.60. The summed E-state index contributed by atoms with van der Waals surface area (Å²) in [6, 6.07) is 4.39. The van der Waals surface area contributed by atoms with Crippen molar-refractivity contribution < 1.29 is 14.6 Å². The average molecular weight is 220 g/mol. The van der Waals surface area contributed by atoms with E-state index in [1.54, 1.807) is 12.3 Å². The van der Waals surface area contributed by atoms with Crippen molar-refractivity contribution in [3.8, 4) is 5.75 Å². The van der Waals surface area contributed by atoms with Crippen LogP contribution in [0.2, 0.25) is 0 Å². The molecule has 0 saturated carbocycles. The number of H-pyrrole nitrogens is 1. The highest BCUT2D eigenvalue weighted by Crippen LogP contribution is 2.31. The molecule has 0 fully saturated rings.